The Hall–Kier alpha value is -0.610. The van der Waals surface area contributed by atoms with Gasteiger partial charge >= 0.3 is 0 Å². The van der Waals surface area contributed by atoms with Crippen LogP contribution in [0.1, 0.15) is 25.7 Å². The van der Waals surface area contributed by atoms with E-state index in [-0.39, 0.29) is 11.8 Å². The number of rotatable bonds is 3. The fraction of sp³-hybridized carbons (Fsp3) is 0.900. The number of amides is 1. The Morgan fingerprint density at radius 1 is 1.36 bits per heavy atom. The number of hydrogen-bond acceptors (Lipinski definition) is 3. The van der Waals surface area contributed by atoms with E-state index in [1.165, 1.54) is 0 Å². The molecule has 3 N–H and O–H groups in total. The van der Waals surface area contributed by atoms with Crippen LogP contribution in [0.3, 0.4) is 0 Å². The number of nitrogens with zero attached hydrogens (tertiary/aromatic N) is 1. The van der Waals surface area contributed by atoms with Gasteiger partial charge in [-0.05, 0) is 38.1 Å². The minimum atomic E-state index is 0.158. The van der Waals surface area contributed by atoms with Crippen LogP contribution in [0, 0.1) is 11.8 Å². The SMILES string of the molecule is CN(C)NC(=O)C1CCC(CN)CC1. The highest BCUT2D eigenvalue weighted by Gasteiger charge is 2.25. The van der Waals surface area contributed by atoms with E-state index in [0.717, 1.165) is 32.2 Å². The summed E-state index contributed by atoms with van der Waals surface area (Å²) in [5, 5.41) is 1.71. The van der Waals surface area contributed by atoms with Crippen molar-refractivity contribution >= 4 is 5.91 Å². The van der Waals surface area contributed by atoms with Crippen LogP contribution >= 0.6 is 0 Å². The maximum absolute atomic E-state index is 11.6. The molecule has 1 rings (SSSR count). The van der Waals surface area contributed by atoms with E-state index in [2.05, 4.69) is 5.43 Å². The van der Waals surface area contributed by atoms with Crippen molar-refractivity contribution in [2.24, 2.45) is 17.6 Å². The lowest BCUT2D eigenvalue weighted by molar-refractivity contribution is -0.130. The minimum absolute atomic E-state index is 0.158. The topological polar surface area (TPSA) is 58.4 Å². The Labute approximate surface area is 85.8 Å². The second-order valence-electron chi connectivity index (χ2n) is 4.32. The van der Waals surface area contributed by atoms with Crippen molar-refractivity contribution in [1.29, 1.82) is 0 Å². The van der Waals surface area contributed by atoms with Crippen LogP contribution in [-0.2, 0) is 4.79 Å². The van der Waals surface area contributed by atoms with Crippen LogP contribution in [0.25, 0.3) is 0 Å². The molecule has 82 valence electrons. The second kappa shape index (κ2) is 5.32. The summed E-state index contributed by atoms with van der Waals surface area (Å²) in [5.74, 6) is 0.990. The molecule has 1 fully saturated rings. The highest BCUT2D eigenvalue weighted by Crippen LogP contribution is 2.27. The maximum atomic E-state index is 11.6. The number of nitrogens with one attached hydrogen (secondary N) is 1. The van der Waals surface area contributed by atoms with E-state index in [4.69, 9.17) is 5.73 Å². The van der Waals surface area contributed by atoms with Gasteiger partial charge < -0.3 is 5.73 Å². The molecule has 0 unspecified atom stereocenters. The first-order valence-corrected chi connectivity index (χ1v) is 5.31. The molecule has 0 aromatic heterocycles. The number of hydrogen-bond donors (Lipinski definition) is 2. The zero-order valence-electron chi connectivity index (χ0n) is 9.12. The molecule has 0 aromatic carbocycles. The molecule has 0 spiro atoms. The molecule has 1 saturated carbocycles. The van der Waals surface area contributed by atoms with Gasteiger partial charge in [-0.2, -0.15) is 0 Å². The van der Waals surface area contributed by atoms with E-state index < -0.39 is 0 Å². The van der Waals surface area contributed by atoms with Crippen LogP contribution in [0.15, 0.2) is 0 Å². The monoisotopic (exact) mass is 199 g/mol. The number of nitrogens with two attached hydrogens (primary N) is 1. The van der Waals surface area contributed by atoms with Gasteiger partial charge in [0.1, 0.15) is 0 Å². The molecule has 0 atom stereocenters. The molecule has 0 aliphatic heterocycles. The first-order valence-electron chi connectivity index (χ1n) is 5.31. The van der Waals surface area contributed by atoms with Gasteiger partial charge in [-0.15, -0.1) is 0 Å². The molecule has 1 amide bonds. The zero-order chi connectivity index (χ0) is 10.6. The van der Waals surface area contributed by atoms with E-state index >= 15 is 0 Å². The molecule has 0 saturated heterocycles. The summed E-state index contributed by atoms with van der Waals surface area (Å²) < 4.78 is 0. The van der Waals surface area contributed by atoms with Crippen LogP contribution < -0.4 is 11.2 Å². The van der Waals surface area contributed by atoms with Crippen LogP contribution in [0.5, 0.6) is 0 Å². The summed E-state index contributed by atoms with van der Waals surface area (Å²) >= 11 is 0. The quantitative estimate of drug-likeness (QED) is 0.645. The van der Waals surface area contributed by atoms with E-state index in [0.29, 0.717) is 5.92 Å². The molecular weight excluding hydrogens is 178 g/mol. The molecule has 4 heteroatoms. The third-order valence-corrected chi connectivity index (χ3v) is 2.88. The van der Waals surface area contributed by atoms with Gasteiger partial charge in [0.15, 0.2) is 0 Å². The van der Waals surface area contributed by atoms with Crippen LogP contribution in [0.2, 0.25) is 0 Å². The first kappa shape index (κ1) is 11.5. The van der Waals surface area contributed by atoms with Gasteiger partial charge in [0.2, 0.25) is 5.91 Å². The van der Waals surface area contributed by atoms with Crippen molar-refractivity contribution < 1.29 is 4.79 Å². The van der Waals surface area contributed by atoms with Gasteiger partial charge in [0.25, 0.3) is 0 Å². The van der Waals surface area contributed by atoms with E-state index in [1.807, 2.05) is 14.1 Å². The number of carbonyl (C=O) groups excluding carboxylic acids is 1. The minimum Gasteiger partial charge on any atom is -0.330 e. The van der Waals surface area contributed by atoms with Crippen LogP contribution in [-0.4, -0.2) is 31.6 Å². The van der Waals surface area contributed by atoms with Crippen molar-refractivity contribution in [3.05, 3.63) is 0 Å². The Bertz CT molecular complexity index is 186. The smallest absolute Gasteiger partial charge is 0.237 e. The maximum Gasteiger partial charge on any atom is 0.237 e. The summed E-state index contributed by atoms with van der Waals surface area (Å²) in [6.07, 6.45) is 4.17. The van der Waals surface area contributed by atoms with Gasteiger partial charge in [0.05, 0.1) is 0 Å². The number of carbonyl (C=O) groups is 1. The van der Waals surface area contributed by atoms with Crippen LogP contribution in [0.4, 0.5) is 0 Å². The Morgan fingerprint density at radius 3 is 2.36 bits per heavy atom. The summed E-state index contributed by atoms with van der Waals surface area (Å²) in [7, 11) is 3.67. The average Bonchev–Trinajstić information content (AvgIpc) is 2.17. The lowest BCUT2D eigenvalue weighted by Gasteiger charge is -2.27. The highest BCUT2D eigenvalue weighted by atomic mass is 16.2. The highest BCUT2D eigenvalue weighted by molar-refractivity contribution is 5.78. The molecule has 14 heavy (non-hydrogen) atoms. The summed E-state index contributed by atoms with van der Waals surface area (Å²) in [4.78, 5) is 11.6. The van der Waals surface area contributed by atoms with E-state index in [9.17, 15) is 4.79 Å². The fourth-order valence-electron chi connectivity index (χ4n) is 1.97. The molecule has 4 nitrogen and oxygen atoms in total. The molecule has 0 aromatic rings. The summed E-state index contributed by atoms with van der Waals surface area (Å²) in [5.41, 5.74) is 8.41. The Kier molecular flexibility index (Phi) is 4.35. The first-order chi connectivity index (χ1) is 6.63. The Morgan fingerprint density at radius 2 is 1.93 bits per heavy atom. The van der Waals surface area contributed by atoms with Crippen molar-refractivity contribution in [3.8, 4) is 0 Å². The third kappa shape index (κ3) is 3.27. The predicted molar refractivity (Wildman–Crippen MR) is 56.3 cm³/mol. The molecule has 1 aliphatic carbocycles. The van der Waals surface area contributed by atoms with Gasteiger partial charge in [-0.25, -0.2) is 5.01 Å². The molecular formula is C10H21N3O. The lowest BCUT2D eigenvalue weighted by Crippen LogP contribution is -2.41. The second-order valence-corrected chi connectivity index (χ2v) is 4.32. The van der Waals surface area contributed by atoms with Gasteiger partial charge in [-0.1, -0.05) is 0 Å². The van der Waals surface area contributed by atoms with Crippen molar-refractivity contribution in [2.75, 3.05) is 20.6 Å². The van der Waals surface area contributed by atoms with E-state index in [1.54, 1.807) is 5.01 Å². The standard InChI is InChI=1S/C10H21N3O/c1-13(2)12-10(14)9-5-3-8(7-11)4-6-9/h8-9H,3-7,11H2,1-2H3,(H,12,14). The zero-order valence-corrected chi connectivity index (χ0v) is 9.12. The molecule has 0 bridgehead atoms. The molecule has 1 aliphatic rings. The Balaban J connectivity index is 2.30. The predicted octanol–water partition coefficient (Wildman–Crippen LogP) is 0.344. The van der Waals surface area contributed by atoms with Crippen molar-refractivity contribution in [1.82, 2.24) is 10.4 Å². The number of hydrazine groups is 1. The average molecular weight is 199 g/mol. The summed E-state index contributed by atoms with van der Waals surface area (Å²) in [6.45, 7) is 0.766. The third-order valence-electron chi connectivity index (χ3n) is 2.88. The fourth-order valence-corrected chi connectivity index (χ4v) is 1.97. The molecule has 0 radical (unpaired) electrons. The molecule has 0 heterocycles. The van der Waals surface area contributed by atoms with Crippen molar-refractivity contribution in [2.45, 2.75) is 25.7 Å². The summed E-state index contributed by atoms with van der Waals surface area (Å²) in [6, 6.07) is 0. The largest absolute Gasteiger partial charge is 0.330 e. The lowest BCUT2D eigenvalue weighted by atomic mass is 9.82. The van der Waals surface area contributed by atoms with Crippen molar-refractivity contribution in [3.63, 3.8) is 0 Å². The van der Waals surface area contributed by atoms with Gasteiger partial charge in [-0.3, -0.25) is 10.2 Å². The normalized spacial score (nSPS) is 27.7. The van der Waals surface area contributed by atoms with Gasteiger partial charge in [0, 0.05) is 20.0 Å².